The van der Waals surface area contributed by atoms with Crippen molar-refractivity contribution in [3.63, 3.8) is 0 Å². The lowest BCUT2D eigenvalue weighted by atomic mass is 9.95. The molecule has 0 unspecified atom stereocenters. The Morgan fingerprint density at radius 1 is 1.19 bits per heavy atom. The highest BCUT2D eigenvalue weighted by Crippen LogP contribution is 2.28. The van der Waals surface area contributed by atoms with Crippen molar-refractivity contribution in [2.45, 2.75) is 32.9 Å². The van der Waals surface area contributed by atoms with Crippen LogP contribution in [0.3, 0.4) is 0 Å². The van der Waals surface area contributed by atoms with E-state index < -0.39 is 5.97 Å². The Kier molecular flexibility index (Phi) is 6.52. The summed E-state index contributed by atoms with van der Waals surface area (Å²) in [5.74, 6) is -0.832. The van der Waals surface area contributed by atoms with Crippen molar-refractivity contribution < 1.29 is 14.3 Å². The molecule has 0 radical (unpaired) electrons. The fraction of sp³-hybridized carbons (Fsp3) is 0.333. The smallest absolute Gasteiger partial charge is 0.339 e. The first-order chi connectivity index (χ1) is 15.2. The number of hydrogen-bond donors (Lipinski definition) is 1. The Morgan fingerprint density at radius 3 is 2.87 bits per heavy atom. The summed E-state index contributed by atoms with van der Waals surface area (Å²) in [6.07, 6.45) is 5.21. The molecule has 3 aromatic rings. The zero-order chi connectivity index (χ0) is 21.6. The largest absolute Gasteiger partial charge is 0.452 e. The summed E-state index contributed by atoms with van der Waals surface area (Å²) in [5, 5.41) is 3.52. The van der Waals surface area contributed by atoms with Gasteiger partial charge in [-0.05, 0) is 30.7 Å². The Bertz CT molecular complexity index is 1080. The maximum absolute atomic E-state index is 13.1. The molecule has 160 valence electrons. The molecule has 2 aromatic heterocycles. The number of ether oxygens (including phenoxy) is 1. The number of nitrogens with one attached hydrogen (secondary N) is 1. The molecule has 4 rings (SSSR count). The highest BCUT2D eigenvalue weighted by molar-refractivity contribution is 6.05. The maximum Gasteiger partial charge on any atom is 0.339 e. The first-order valence-electron chi connectivity index (χ1n) is 10.6. The van der Waals surface area contributed by atoms with Crippen molar-refractivity contribution in [3.8, 4) is 0 Å². The average Bonchev–Trinajstić information content (AvgIpc) is 2.80. The molecule has 1 N–H and O–H groups in total. The van der Waals surface area contributed by atoms with Gasteiger partial charge in [-0.1, -0.05) is 31.2 Å². The van der Waals surface area contributed by atoms with Gasteiger partial charge in [0.15, 0.2) is 6.61 Å². The first-order valence-corrected chi connectivity index (χ1v) is 10.6. The van der Waals surface area contributed by atoms with Gasteiger partial charge >= 0.3 is 5.97 Å². The number of para-hydroxylation sites is 1. The van der Waals surface area contributed by atoms with Crippen LogP contribution in [0.4, 0.5) is 0 Å². The van der Waals surface area contributed by atoms with E-state index in [1.54, 1.807) is 18.5 Å². The lowest BCUT2D eigenvalue weighted by Crippen LogP contribution is -2.34. The zero-order valence-corrected chi connectivity index (χ0v) is 17.6. The maximum atomic E-state index is 13.1. The molecule has 0 spiro atoms. The molecule has 7 heteroatoms. The molecule has 31 heavy (non-hydrogen) atoms. The standard InChI is InChI=1S/C24H26N4O3/c1-2-11-28-12-9-21-19(15-28)23(18-7-3-4-8-20(18)27-21)24(30)31-16-22(29)26-14-17-6-5-10-25-13-17/h3-8,10,13H,2,9,11-12,14-16H2,1H3,(H,26,29). The summed E-state index contributed by atoms with van der Waals surface area (Å²) in [4.78, 5) is 36.5. The van der Waals surface area contributed by atoms with Gasteiger partial charge in [0, 0.05) is 55.1 Å². The van der Waals surface area contributed by atoms with Crippen LogP contribution in [0.25, 0.3) is 10.9 Å². The van der Waals surface area contributed by atoms with E-state index in [2.05, 4.69) is 22.1 Å². The number of fused-ring (bicyclic) bond motifs is 2. The van der Waals surface area contributed by atoms with Crippen LogP contribution in [0.5, 0.6) is 0 Å². The minimum Gasteiger partial charge on any atom is -0.452 e. The van der Waals surface area contributed by atoms with Crippen LogP contribution >= 0.6 is 0 Å². The van der Waals surface area contributed by atoms with E-state index in [-0.39, 0.29) is 12.5 Å². The van der Waals surface area contributed by atoms with Crippen molar-refractivity contribution >= 4 is 22.8 Å². The molecule has 1 aromatic carbocycles. The molecule has 0 atom stereocenters. The van der Waals surface area contributed by atoms with Gasteiger partial charge in [0.25, 0.3) is 5.91 Å². The number of amides is 1. The van der Waals surface area contributed by atoms with E-state index in [9.17, 15) is 9.59 Å². The number of hydrogen-bond acceptors (Lipinski definition) is 6. The predicted molar refractivity (Wildman–Crippen MR) is 117 cm³/mol. The third kappa shape index (κ3) is 4.88. The van der Waals surface area contributed by atoms with Gasteiger partial charge in [0.1, 0.15) is 0 Å². The molecule has 3 heterocycles. The molecule has 0 fully saturated rings. The molecule has 1 amide bonds. The molecule has 1 aliphatic rings. The Hall–Kier alpha value is -3.32. The number of nitrogens with zero attached hydrogens (tertiary/aromatic N) is 3. The van der Waals surface area contributed by atoms with Crippen molar-refractivity contribution in [2.24, 2.45) is 0 Å². The Morgan fingerprint density at radius 2 is 2.06 bits per heavy atom. The van der Waals surface area contributed by atoms with Crippen LogP contribution < -0.4 is 5.32 Å². The van der Waals surface area contributed by atoms with Gasteiger partial charge in [-0.15, -0.1) is 0 Å². The van der Waals surface area contributed by atoms with Crippen LogP contribution in [0, 0.1) is 0 Å². The van der Waals surface area contributed by atoms with Crippen LogP contribution in [0.15, 0.2) is 48.8 Å². The van der Waals surface area contributed by atoms with Crippen LogP contribution in [-0.4, -0.2) is 46.4 Å². The fourth-order valence-electron chi connectivity index (χ4n) is 3.94. The van der Waals surface area contributed by atoms with Crippen molar-refractivity contribution in [1.82, 2.24) is 20.2 Å². The highest BCUT2D eigenvalue weighted by Gasteiger charge is 2.26. The normalized spacial score (nSPS) is 13.6. The number of benzene rings is 1. The lowest BCUT2D eigenvalue weighted by Gasteiger charge is -2.29. The first kappa shape index (κ1) is 20.9. The monoisotopic (exact) mass is 418 g/mol. The van der Waals surface area contributed by atoms with E-state index in [0.29, 0.717) is 18.7 Å². The fourth-order valence-corrected chi connectivity index (χ4v) is 3.94. The van der Waals surface area contributed by atoms with Crippen molar-refractivity contribution in [1.29, 1.82) is 0 Å². The van der Waals surface area contributed by atoms with E-state index in [1.165, 1.54) is 0 Å². The molecule has 0 saturated carbocycles. The van der Waals surface area contributed by atoms with Gasteiger partial charge in [0.2, 0.25) is 0 Å². The molecule has 0 aliphatic carbocycles. The van der Waals surface area contributed by atoms with Gasteiger partial charge in [-0.2, -0.15) is 0 Å². The Balaban J connectivity index is 1.51. The van der Waals surface area contributed by atoms with Gasteiger partial charge < -0.3 is 10.1 Å². The third-order valence-corrected chi connectivity index (χ3v) is 5.42. The van der Waals surface area contributed by atoms with Crippen molar-refractivity contribution in [3.05, 3.63) is 71.2 Å². The topological polar surface area (TPSA) is 84.4 Å². The number of pyridine rings is 2. The van der Waals surface area contributed by atoms with Gasteiger partial charge in [-0.3, -0.25) is 19.7 Å². The van der Waals surface area contributed by atoms with Gasteiger partial charge in [-0.25, -0.2) is 4.79 Å². The summed E-state index contributed by atoms with van der Waals surface area (Å²) in [6, 6.07) is 11.3. The molecule has 0 bridgehead atoms. The molecule has 1 aliphatic heterocycles. The second-order valence-electron chi connectivity index (χ2n) is 7.67. The third-order valence-electron chi connectivity index (χ3n) is 5.42. The number of carbonyl (C=O) groups excluding carboxylic acids is 2. The predicted octanol–water partition coefficient (Wildman–Crippen LogP) is 2.87. The van der Waals surface area contributed by atoms with Crippen LogP contribution in [0.2, 0.25) is 0 Å². The average molecular weight is 418 g/mol. The van der Waals surface area contributed by atoms with E-state index >= 15 is 0 Å². The van der Waals surface area contributed by atoms with Crippen molar-refractivity contribution in [2.75, 3.05) is 19.7 Å². The van der Waals surface area contributed by atoms with Crippen LogP contribution in [0.1, 0.15) is 40.5 Å². The second-order valence-corrected chi connectivity index (χ2v) is 7.67. The number of rotatable bonds is 7. The molecule has 7 nitrogen and oxygen atoms in total. The number of carbonyl (C=O) groups is 2. The van der Waals surface area contributed by atoms with E-state index in [1.807, 2.05) is 30.3 Å². The lowest BCUT2D eigenvalue weighted by molar-refractivity contribution is -0.124. The SMILES string of the molecule is CCCN1CCc2nc3ccccc3c(C(=O)OCC(=O)NCc3cccnc3)c2C1. The minimum absolute atomic E-state index is 0.330. The number of aromatic nitrogens is 2. The second kappa shape index (κ2) is 9.66. The molecular formula is C24H26N4O3. The Labute approximate surface area is 181 Å². The molecular weight excluding hydrogens is 392 g/mol. The summed E-state index contributed by atoms with van der Waals surface area (Å²) >= 11 is 0. The minimum atomic E-state index is -0.482. The summed E-state index contributed by atoms with van der Waals surface area (Å²) in [7, 11) is 0. The van der Waals surface area contributed by atoms with E-state index in [0.717, 1.165) is 53.7 Å². The summed E-state index contributed by atoms with van der Waals surface area (Å²) in [6.45, 7) is 4.72. The molecule has 0 saturated heterocycles. The quantitative estimate of drug-likeness (QED) is 0.594. The zero-order valence-electron chi connectivity index (χ0n) is 17.6. The summed E-state index contributed by atoms with van der Waals surface area (Å²) in [5.41, 5.74) is 4.05. The van der Waals surface area contributed by atoms with Gasteiger partial charge in [0.05, 0.1) is 11.1 Å². The van der Waals surface area contributed by atoms with E-state index in [4.69, 9.17) is 9.72 Å². The highest BCUT2D eigenvalue weighted by atomic mass is 16.5. The summed E-state index contributed by atoms with van der Waals surface area (Å²) < 4.78 is 5.43. The number of esters is 1. The van der Waals surface area contributed by atoms with Crippen LogP contribution in [-0.2, 0) is 29.0 Å².